The molecule has 120 valence electrons. The van der Waals surface area contributed by atoms with Crippen molar-refractivity contribution in [1.29, 1.82) is 0 Å². The van der Waals surface area contributed by atoms with Crippen molar-refractivity contribution in [3.8, 4) is 0 Å². The topological polar surface area (TPSA) is 32.3 Å². The second kappa shape index (κ2) is 6.19. The van der Waals surface area contributed by atoms with Crippen LogP contribution < -0.4 is 5.32 Å². The summed E-state index contributed by atoms with van der Waals surface area (Å²) in [7, 11) is 0. The molecular formula is C16H26F2N2O. The van der Waals surface area contributed by atoms with Gasteiger partial charge in [0.2, 0.25) is 11.8 Å². The third kappa shape index (κ3) is 3.38. The Morgan fingerprint density at radius 3 is 2.62 bits per heavy atom. The van der Waals surface area contributed by atoms with Crippen molar-refractivity contribution in [3.63, 3.8) is 0 Å². The molecule has 1 amide bonds. The molecule has 1 N–H and O–H groups in total. The van der Waals surface area contributed by atoms with E-state index < -0.39 is 5.92 Å². The Labute approximate surface area is 125 Å². The summed E-state index contributed by atoms with van der Waals surface area (Å²) in [5.41, 5.74) is 0. The molecular weight excluding hydrogens is 274 g/mol. The van der Waals surface area contributed by atoms with Crippen LogP contribution in [0.5, 0.6) is 0 Å². The van der Waals surface area contributed by atoms with Gasteiger partial charge in [-0.25, -0.2) is 8.78 Å². The highest BCUT2D eigenvalue weighted by Crippen LogP contribution is 2.38. The standard InChI is InChI=1S/C16H26F2N2O/c17-16(18)7-4-12(5-8-16)15(21)20-10-2-1-3-13-11-19-9-6-14(13)20/h12-14,19H,1-11H2/t13-,14+/m0/s1. The molecule has 3 aliphatic rings. The first-order valence-electron chi connectivity index (χ1n) is 8.46. The third-order valence-corrected chi connectivity index (χ3v) is 5.54. The van der Waals surface area contributed by atoms with Gasteiger partial charge in [-0.3, -0.25) is 4.79 Å². The zero-order valence-electron chi connectivity index (χ0n) is 12.6. The van der Waals surface area contributed by atoms with Crippen LogP contribution in [0.4, 0.5) is 8.78 Å². The van der Waals surface area contributed by atoms with E-state index in [4.69, 9.17) is 0 Å². The largest absolute Gasteiger partial charge is 0.339 e. The van der Waals surface area contributed by atoms with Crippen LogP contribution in [0, 0.1) is 11.8 Å². The van der Waals surface area contributed by atoms with Gasteiger partial charge in [0.1, 0.15) is 0 Å². The predicted molar refractivity (Wildman–Crippen MR) is 77.2 cm³/mol. The van der Waals surface area contributed by atoms with E-state index in [0.29, 0.717) is 24.8 Å². The molecule has 2 aliphatic heterocycles. The first kappa shape index (κ1) is 15.2. The Hall–Kier alpha value is -0.710. The van der Waals surface area contributed by atoms with Gasteiger partial charge in [0.25, 0.3) is 0 Å². The number of carbonyl (C=O) groups is 1. The average Bonchev–Trinajstić information content (AvgIpc) is 2.69. The SMILES string of the molecule is O=C(C1CCC(F)(F)CC1)N1CCCC[C@H]2CNCC[C@H]21. The Bertz CT molecular complexity index is 378. The number of hydrogen-bond acceptors (Lipinski definition) is 2. The second-order valence-electron chi connectivity index (χ2n) is 6.98. The minimum atomic E-state index is -2.55. The maximum atomic E-state index is 13.3. The van der Waals surface area contributed by atoms with Crippen molar-refractivity contribution in [1.82, 2.24) is 10.2 Å². The van der Waals surface area contributed by atoms with Crippen molar-refractivity contribution in [3.05, 3.63) is 0 Å². The van der Waals surface area contributed by atoms with Crippen molar-refractivity contribution in [2.45, 2.75) is 63.3 Å². The number of hydrogen-bond donors (Lipinski definition) is 1. The Balaban J connectivity index is 1.67. The molecule has 21 heavy (non-hydrogen) atoms. The summed E-state index contributed by atoms with van der Waals surface area (Å²) in [6, 6.07) is 0.337. The van der Waals surface area contributed by atoms with Gasteiger partial charge < -0.3 is 10.2 Å². The first-order chi connectivity index (χ1) is 10.1. The molecule has 3 nitrogen and oxygen atoms in total. The lowest BCUT2D eigenvalue weighted by Gasteiger charge is -2.41. The zero-order chi connectivity index (χ0) is 14.9. The predicted octanol–water partition coefficient (Wildman–Crippen LogP) is 2.80. The summed E-state index contributed by atoms with van der Waals surface area (Å²) in [4.78, 5) is 14.9. The van der Waals surface area contributed by atoms with Crippen molar-refractivity contribution in [2.75, 3.05) is 19.6 Å². The number of amides is 1. The van der Waals surface area contributed by atoms with Gasteiger partial charge in [-0.15, -0.1) is 0 Å². The minimum absolute atomic E-state index is 0.118. The molecule has 0 aromatic rings. The van der Waals surface area contributed by atoms with E-state index >= 15 is 0 Å². The van der Waals surface area contributed by atoms with Crippen LogP contribution in [0.2, 0.25) is 0 Å². The monoisotopic (exact) mass is 300 g/mol. The van der Waals surface area contributed by atoms with Gasteiger partial charge in [-0.2, -0.15) is 0 Å². The van der Waals surface area contributed by atoms with Gasteiger partial charge in [-0.1, -0.05) is 6.42 Å². The van der Waals surface area contributed by atoms with E-state index in [1.54, 1.807) is 0 Å². The maximum absolute atomic E-state index is 13.3. The van der Waals surface area contributed by atoms with Gasteiger partial charge in [-0.05, 0) is 51.1 Å². The molecule has 3 rings (SSSR count). The summed E-state index contributed by atoms with van der Waals surface area (Å²) < 4.78 is 26.6. The molecule has 2 saturated heterocycles. The van der Waals surface area contributed by atoms with Crippen molar-refractivity contribution < 1.29 is 13.6 Å². The van der Waals surface area contributed by atoms with Gasteiger partial charge >= 0.3 is 0 Å². The highest BCUT2D eigenvalue weighted by Gasteiger charge is 2.41. The molecule has 2 atom stereocenters. The van der Waals surface area contributed by atoms with Crippen molar-refractivity contribution >= 4 is 5.91 Å². The Kier molecular flexibility index (Phi) is 4.48. The molecule has 0 bridgehead atoms. The van der Waals surface area contributed by atoms with Crippen LogP contribution in [0.1, 0.15) is 51.4 Å². The minimum Gasteiger partial charge on any atom is -0.339 e. The molecule has 0 spiro atoms. The van der Waals surface area contributed by atoms with E-state index in [1.807, 2.05) is 0 Å². The second-order valence-corrected chi connectivity index (χ2v) is 6.98. The summed E-state index contributed by atoms with van der Waals surface area (Å²) in [5, 5.41) is 3.42. The van der Waals surface area contributed by atoms with Crippen molar-refractivity contribution in [2.24, 2.45) is 11.8 Å². The molecule has 0 unspecified atom stereocenters. The normalized spacial score (nSPS) is 34.1. The Morgan fingerprint density at radius 2 is 1.86 bits per heavy atom. The van der Waals surface area contributed by atoms with E-state index in [0.717, 1.165) is 32.5 Å². The molecule has 0 aromatic carbocycles. The number of carbonyl (C=O) groups excluding carboxylic acids is 1. The van der Waals surface area contributed by atoms with Gasteiger partial charge in [0.05, 0.1) is 0 Å². The molecule has 2 heterocycles. The summed E-state index contributed by atoms with van der Waals surface area (Å²) in [5.74, 6) is -2.01. The number of alkyl halides is 2. The smallest absolute Gasteiger partial charge is 0.248 e. The van der Waals surface area contributed by atoms with E-state index in [9.17, 15) is 13.6 Å². The fourth-order valence-electron chi connectivity index (χ4n) is 4.26. The number of likely N-dealkylation sites (tertiary alicyclic amines) is 1. The first-order valence-corrected chi connectivity index (χ1v) is 8.46. The lowest BCUT2D eigenvalue weighted by atomic mass is 9.84. The lowest BCUT2D eigenvalue weighted by Crippen LogP contribution is -2.52. The molecule has 1 saturated carbocycles. The molecule has 0 radical (unpaired) electrons. The zero-order valence-corrected chi connectivity index (χ0v) is 12.6. The highest BCUT2D eigenvalue weighted by molar-refractivity contribution is 5.79. The number of piperidine rings is 1. The van der Waals surface area contributed by atoms with Crippen LogP contribution in [0.25, 0.3) is 0 Å². The molecule has 3 fully saturated rings. The Morgan fingerprint density at radius 1 is 1.10 bits per heavy atom. The van der Waals surface area contributed by atoms with E-state index in [-0.39, 0.29) is 24.7 Å². The van der Waals surface area contributed by atoms with Crippen LogP contribution in [-0.4, -0.2) is 42.4 Å². The van der Waals surface area contributed by atoms with Crippen LogP contribution in [0.3, 0.4) is 0 Å². The molecule has 1 aliphatic carbocycles. The number of nitrogens with one attached hydrogen (secondary N) is 1. The maximum Gasteiger partial charge on any atom is 0.248 e. The summed E-state index contributed by atoms with van der Waals surface area (Å²) in [6.45, 7) is 2.79. The fourth-order valence-corrected chi connectivity index (χ4v) is 4.26. The van der Waals surface area contributed by atoms with Gasteiger partial charge in [0, 0.05) is 31.3 Å². The van der Waals surface area contributed by atoms with Crippen LogP contribution in [-0.2, 0) is 4.79 Å². The highest BCUT2D eigenvalue weighted by atomic mass is 19.3. The fraction of sp³-hybridized carbons (Fsp3) is 0.938. The van der Waals surface area contributed by atoms with Gasteiger partial charge in [0.15, 0.2) is 0 Å². The number of nitrogens with zero attached hydrogens (tertiary/aromatic N) is 1. The van der Waals surface area contributed by atoms with Crippen LogP contribution in [0.15, 0.2) is 0 Å². The summed E-state index contributed by atoms with van der Waals surface area (Å²) >= 11 is 0. The number of halogens is 2. The summed E-state index contributed by atoms with van der Waals surface area (Å²) in [6.07, 6.45) is 4.91. The molecule has 0 aromatic heterocycles. The average molecular weight is 300 g/mol. The van der Waals surface area contributed by atoms with E-state index in [2.05, 4.69) is 10.2 Å². The van der Waals surface area contributed by atoms with E-state index in [1.165, 1.54) is 12.8 Å². The third-order valence-electron chi connectivity index (χ3n) is 5.54. The number of fused-ring (bicyclic) bond motifs is 1. The lowest BCUT2D eigenvalue weighted by molar-refractivity contribution is -0.143. The van der Waals surface area contributed by atoms with Crippen LogP contribution >= 0.6 is 0 Å². The quantitative estimate of drug-likeness (QED) is 0.807. The number of rotatable bonds is 1. The molecule has 5 heteroatoms.